The quantitative estimate of drug-likeness (QED) is 0.483. The molecule has 1 amide bonds. The first-order chi connectivity index (χ1) is 13.7. The Morgan fingerprint density at radius 3 is 2.79 bits per heavy atom. The number of rotatable bonds is 6. The van der Waals surface area contributed by atoms with Gasteiger partial charge >= 0.3 is 0 Å². The lowest BCUT2D eigenvalue weighted by Gasteiger charge is -2.07. The highest BCUT2D eigenvalue weighted by molar-refractivity contribution is 7.99. The predicted molar refractivity (Wildman–Crippen MR) is 110 cm³/mol. The van der Waals surface area contributed by atoms with Gasteiger partial charge in [-0.2, -0.15) is 0 Å². The van der Waals surface area contributed by atoms with Gasteiger partial charge in [-0.1, -0.05) is 54.2 Å². The van der Waals surface area contributed by atoms with E-state index in [1.165, 1.54) is 11.8 Å². The lowest BCUT2D eigenvalue weighted by atomic mass is 10.1. The minimum atomic E-state index is -0.137. The first-order valence-electron chi connectivity index (χ1n) is 8.61. The standard InChI is InChI=1S/C21H17N3O3S/c1-26-16-9-4-8-15(12-16)20-23-24-21(27-20)28-13-19(25)22-18-11-5-7-14-6-2-3-10-17(14)18/h2-12H,13H2,1H3,(H,22,25). The normalized spacial score (nSPS) is 10.8. The van der Waals surface area contributed by atoms with Crippen LogP contribution in [0, 0.1) is 0 Å². The van der Waals surface area contributed by atoms with Crippen LogP contribution >= 0.6 is 11.8 Å². The number of hydrogen-bond donors (Lipinski definition) is 1. The van der Waals surface area contributed by atoms with Crippen LogP contribution in [0.25, 0.3) is 22.2 Å². The van der Waals surface area contributed by atoms with Gasteiger partial charge in [0.05, 0.1) is 12.9 Å². The van der Waals surface area contributed by atoms with Gasteiger partial charge in [-0.15, -0.1) is 10.2 Å². The fourth-order valence-corrected chi connectivity index (χ4v) is 3.35. The Bertz CT molecular complexity index is 1120. The van der Waals surface area contributed by atoms with Crippen molar-refractivity contribution in [3.63, 3.8) is 0 Å². The summed E-state index contributed by atoms with van der Waals surface area (Å²) >= 11 is 1.20. The van der Waals surface area contributed by atoms with Crippen LogP contribution in [0.5, 0.6) is 5.75 Å². The summed E-state index contributed by atoms with van der Waals surface area (Å²) in [5.41, 5.74) is 1.55. The zero-order valence-electron chi connectivity index (χ0n) is 15.1. The largest absolute Gasteiger partial charge is 0.497 e. The third-order valence-corrected chi connectivity index (χ3v) is 4.93. The maximum Gasteiger partial charge on any atom is 0.277 e. The highest BCUT2D eigenvalue weighted by atomic mass is 32.2. The van der Waals surface area contributed by atoms with E-state index in [9.17, 15) is 4.79 Å². The Morgan fingerprint density at radius 2 is 1.89 bits per heavy atom. The summed E-state index contributed by atoms with van der Waals surface area (Å²) in [7, 11) is 1.60. The van der Waals surface area contributed by atoms with E-state index in [1.807, 2.05) is 66.7 Å². The number of aromatic nitrogens is 2. The SMILES string of the molecule is COc1cccc(-c2nnc(SCC(=O)Nc3cccc4ccccc34)o2)c1. The van der Waals surface area contributed by atoms with E-state index in [0.29, 0.717) is 16.9 Å². The molecule has 3 aromatic carbocycles. The number of hydrogen-bond acceptors (Lipinski definition) is 6. The van der Waals surface area contributed by atoms with Crippen LogP contribution < -0.4 is 10.1 Å². The Morgan fingerprint density at radius 1 is 1.07 bits per heavy atom. The van der Waals surface area contributed by atoms with Crippen molar-refractivity contribution in [2.75, 3.05) is 18.2 Å². The molecule has 6 nitrogen and oxygen atoms in total. The molecule has 0 aliphatic carbocycles. The van der Waals surface area contributed by atoms with Crippen molar-refractivity contribution < 1.29 is 13.9 Å². The molecule has 7 heteroatoms. The molecule has 0 spiro atoms. The Labute approximate surface area is 165 Å². The molecule has 0 radical (unpaired) electrons. The van der Waals surface area contributed by atoms with E-state index in [2.05, 4.69) is 15.5 Å². The van der Waals surface area contributed by atoms with Crippen molar-refractivity contribution in [2.24, 2.45) is 0 Å². The van der Waals surface area contributed by atoms with Gasteiger partial charge in [-0.25, -0.2) is 0 Å². The van der Waals surface area contributed by atoms with Crippen LogP contribution in [0.2, 0.25) is 0 Å². The van der Waals surface area contributed by atoms with Gasteiger partial charge in [0.1, 0.15) is 5.75 Å². The molecule has 1 aromatic heterocycles. The maximum atomic E-state index is 12.4. The highest BCUT2D eigenvalue weighted by Crippen LogP contribution is 2.27. The van der Waals surface area contributed by atoms with Crippen molar-refractivity contribution >= 4 is 34.1 Å². The summed E-state index contributed by atoms with van der Waals surface area (Å²) in [5, 5.41) is 13.4. The molecule has 4 rings (SSSR count). The predicted octanol–water partition coefficient (Wildman–Crippen LogP) is 4.63. The number of thioether (sulfide) groups is 1. The molecule has 1 heterocycles. The van der Waals surface area contributed by atoms with E-state index in [4.69, 9.17) is 9.15 Å². The minimum absolute atomic E-state index is 0.137. The zero-order chi connectivity index (χ0) is 19.3. The molecular formula is C21H17N3O3S. The summed E-state index contributed by atoms with van der Waals surface area (Å²) in [4.78, 5) is 12.4. The third kappa shape index (κ3) is 3.99. The number of amides is 1. The van der Waals surface area contributed by atoms with Crippen molar-refractivity contribution in [3.05, 3.63) is 66.7 Å². The Hall–Kier alpha value is -3.32. The lowest BCUT2D eigenvalue weighted by molar-refractivity contribution is -0.113. The second-order valence-electron chi connectivity index (χ2n) is 5.97. The van der Waals surface area contributed by atoms with Gasteiger partial charge in [-0.3, -0.25) is 4.79 Å². The van der Waals surface area contributed by atoms with Crippen molar-refractivity contribution in [1.82, 2.24) is 10.2 Å². The minimum Gasteiger partial charge on any atom is -0.497 e. The molecule has 0 aliphatic heterocycles. The topological polar surface area (TPSA) is 77.2 Å². The van der Waals surface area contributed by atoms with E-state index in [1.54, 1.807) is 7.11 Å². The maximum absolute atomic E-state index is 12.4. The number of ether oxygens (including phenoxy) is 1. The summed E-state index contributed by atoms with van der Waals surface area (Å²) < 4.78 is 10.8. The van der Waals surface area contributed by atoms with E-state index < -0.39 is 0 Å². The van der Waals surface area contributed by atoms with Gasteiger partial charge in [0.2, 0.25) is 11.8 Å². The van der Waals surface area contributed by atoms with Crippen LogP contribution in [0.4, 0.5) is 5.69 Å². The molecule has 0 bridgehead atoms. The molecule has 0 atom stereocenters. The summed E-state index contributed by atoms with van der Waals surface area (Å²) in [6.45, 7) is 0. The number of nitrogens with zero attached hydrogens (tertiary/aromatic N) is 2. The lowest BCUT2D eigenvalue weighted by Crippen LogP contribution is -2.14. The number of anilines is 1. The van der Waals surface area contributed by atoms with Gasteiger partial charge in [0.15, 0.2) is 0 Å². The molecular weight excluding hydrogens is 374 g/mol. The van der Waals surface area contributed by atoms with Gasteiger partial charge in [0.25, 0.3) is 5.22 Å². The monoisotopic (exact) mass is 391 g/mol. The number of benzene rings is 3. The molecule has 0 saturated heterocycles. The number of carbonyl (C=O) groups is 1. The number of nitrogens with one attached hydrogen (secondary N) is 1. The van der Waals surface area contributed by atoms with E-state index in [-0.39, 0.29) is 11.7 Å². The summed E-state index contributed by atoms with van der Waals surface area (Å²) in [6, 6.07) is 21.1. The van der Waals surface area contributed by atoms with Crippen molar-refractivity contribution in [1.29, 1.82) is 0 Å². The molecule has 28 heavy (non-hydrogen) atoms. The van der Waals surface area contributed by atoms with Gasteiger partial charge in [0, 0.05) is 16.6 Å². The Kier molecular flexibility index (Phi) is 5.25. The average Bonchev–Trinajstić information content (AvgIpc) is 3.22. The van der Waals surface area contributed by atoms with Gasteiger partial charge in [-0.05, 0) is 29.7 Å². The first-order valence-corrected chi connectivity index (χ1v) is 9.60. The van der Waals surface area contributed by atoms with Crippen molar-refractivity contribution in [2.45, 2.75) is 5.22 Å². The van der Waals surface area contributed by atoms with E-state index in [0.717, 1.165) is 22.0 Å². The number of fused-ring (bicyclic) bond motifs is 1. The second-order valence-corrected chi connectivity index (χ2v) is 6.90. The fraction of sp³-hybridized carbons (Fsp3) is 0.0952. The molecule has 0 saturated carbocycles. The number of methoxy groups -OCH3 is 1. The zero-order valence-corrected chi connectivity index (χ0v) is 15.9. The van der Waals surface area contributed by atoms with Crippen LogP contribution in [0.3, 0.4) is 0 Å². The second kappa shape index (κ2) is 8.14. The average molecular weight is 391 g/mol. The summed E-state index contributed by atoms with van der Waals surface area (Å²) in [6.07, 6.45) is 0. The molecule has 140 valence electrons. The Balaban J connectivity index is 1.40. The van der Waals surface area contributed by atoms with Crippen LogP contribution in [0.15, 0.2) is 76.4 Å². The van der Waals surface area contributed by atoms with Crippen LogP contribution in [0.1, 0.15) is 0 Å². The third-order valence-electron chi connectivity index (χ3n) is 4.11. The van der Waals surface area contributed by atoms with Gasteiger partial charge < -0.3 is 14.5 Å². The van der Waals surface area contributed by atoms with Crippen LogP contribution in [-0.2, 0) is 4.79 Å². The smallest absolute Gasteiger partial charge is 0.277 e. The highest BCUT2D eigenvalue weighted by Gasteiger charge is 2.12. The molecule has 4 aromatic rings. The van der Waals surface area contributed by atoms with Crippen molar-refractivity contribution in [3.8, 4) is 17.2 Å². The molecule has 0 unspecified atom stereocenters. The fourth-order valence-electron chi connectivity index (χ4n) is 2.79. The number of carbonyl (C=O) groups excluding carboxylic acids is 1. The molecule has 0 fully saturated rings. The summed E-state index contributed by atoms with van der Waals surface area (Å²) in [5.74, 6) is 1.13. The van der Waals surface area contributed by atoms with E-state index >= 15 is 0 Å². The molecule has 0 aliphatic rings. The molecule has 1 N–H and O–H groups in total. The van der Waals surface area contributed by atoms with Crippen LogP contribution in [-0.4, -0.2) is 29.0 Å². The first kappa shape index (κ1) is 18.1.